The average Bonchev–Trinajstić information content (AvgIpc) is 2.66. The number of benzene rings is 1. The third-order valence-corrected chi connectivity index (χ3v) is 6.69. The third kappa shape index (κ3) is 5.85. The zero-order valence-corrected chi connectivity index (χ0v) is 19.3. The quantitative estimate of drug-likeness (QED) is 0.745. The van der Waals surface area contributed by atoms with E-state index < -0.39 is 21.7 Å². The number of ether oxygens (including phenoxy) is 2. The number of aryl methyl sites for hydroxylation is 2. The molecule has 0 unspecified atom stereocenters. The monoisotopic (exact) mass is 441 g/mol. The smallest absolute Gasteiger partial charge is 0.408 e. The van der Waals surface area contributed by atoms with Crippen LogP contribution in [0.5, 0.6) is 5.75 Å². The minimum Gasteiger partial charge on any atom is -0.495 e. The topological polar surface area (TPSA) is 105 Å². The van der Waals surface area contributed by atoms with Crippen molar-refractivity contribution in [3.63, 3.8) is 0 Å². The number of hydrogen-bond donors (Lipinski definition) is 1. The Morgan fingerprint density at radius 2 is 1.63 bits per heavy atom. The van der Waals surface area contributed by atoms with E-state index in [1.54, 1.807) is 32.9 Å². The Morgan fingerprint density at radius 3 is 2.17 bits per heavy atom. The first-order chi connectivity index (χ1) is 13.8. The molecule has 0 atom stereocenters. The summed E-state index contributed by atoms with van der Waals surface area (Å²) in [6, 6.07) is 3.33. The van der Waals surface area contributed by atoms with E-state index in [1.807, 2.05) is 13.8 Å². The average molecular weight is 442 g/mol. The van der Waals surface area contributed by atoms with Gasteiger partial charge >= 0.3 is 6.09 Å². The molecule has 0 bridgehead atoms. The van der Waals surface area contributed by atoms with Crippen molar-refractivity contribution < 1.29 is 27.5 Å². The molecule has 1 fully saturated rings. The molecule has 9 nitrogen and oxygen atoms in total. The highest BCUT2D eigenvalue weighted by atomic mass is 32.2. The second-order valence-corrected chi connectivity index (χ2v) is 10.1. The predicted octanol–water partition coefficient (Wildman–Crippen LogP) is 1.67. The van der Waals surface area contributed by atoms with E-state index in [1.165, 1.54) is 16.3 Å². The van der Waals surface area contributed by atoms with Crippen LogP contribution in [0.2, 0.25) is 0 Å². The van der Waals surface area contributed by atoms with Gasteiger partial charge in [-0.2, -0.15) is 4.31 Å². The van der Waals surface area contributed by atoms with Gasteiger partial charge in [-0.1, -0.05) is 0 Å². The number of piperazine rings is 1. The molecular weight excluding hydrogens is 410 g/mol. The van der Waals surface area contributed by atoms with Crippen LogP contribution in [0.15, 0.2) is 17.0 Å². The van der Waals surface area contributed by atoms with Gasteiger partial charge in [-0.15, -0.1) is 0 Å². The molecule has 10 heteroatoms. The molecule has 1 aliphatic rings. The molecular formula is C20H31N3O6S. The van der Waals surface area contributed by atoms with E-state index in [2.05, 4.69) is 5.32 Å². The molecule has 1 aromatic carbocycles. The maximum atomic E-state index is 13.1. The summed E-state index contributed by atoms with van der Waals surface area (Å²) in [6.45, 7) is 9.55. The van der Waals surface area contributed by atoms with Crippen LogP contribution in [-0.2, 0) is 19.6 Å². The Hall–Kier alpha value is -2.33. The number of amides is 2. The standard InChI is InChI=1S/C20H31N3O6S/c1-14-11-16(28-6)17(12-15(14)2)30(26,27)23-9-7-22(8-10-23)18(24)13-21-19(25)29-20(3,4)5/h11-12H,7-10,13H2,1-6H3,(H,21,25). The maximum absolute atomic E-state index is 13.1. The molecule has 1 N–H and O–H groups in total. The van der Waals surface area contributed by atoms with Gasteiger partial charge in [0.1, 0.15) is 22.8 Å². The summed E-state index contributed by atoms with van der Waals surface area (Å²) in [5, 5.41) is 2.43. The van der Waals surface area contributed by atoms with Crippen LogP contribution in [0, 0.1) is 13.8 Å². The van der Waals surface area contributed by atoms with Crippen molar-refractivity contribution in [3.8, 4) is 5.75 Å². The van der Waals surface area contributed by atoms with Gasteiger partial charge in [0.15, 0.2) is 0 Å². The Labute approximate surface area is 178 Å². The van der Waals surface area contributed by atoms with E-state index in [0.717, 1.165) is 11.1 Å². The normalized spacial score (nSPS) is 15.6. The molecule has 168 valence electrons. The molecule has 0 spiro atoms. The number of nitrogens with one attached hydrogen (secondary N) is 1. The Morgan fingerprint density at radius 1 is 1.07 bits per heavy atom. The lowest BCUT2D eigenvalue weighted by Crippen LogP contribution is -2.52. The van der Waals surface area contributed by atoms with Crippen LogP contribution in [0.3, 0.4) is 0 Å². The van der Waals surface area contributed by atoms with Gasteiger partial charge in [0, 0.05) is 26.2 Å². The lowest BCUT2D eigenvalue weighted by molar-refractivity contribution is -0.131. The Balaban J connectivity index is 1.99. The van der Waals surface area contributed by atoms with Gasteiger partial charge in [0.05, 0.1) is 7.11 Å². The maximum Gasteiger partial charge on any atom is 0.408 e. The van der Waals surface area contributed by atoms with Crippen LogP contribution in [0.4, 0.5) is 4.79 Å². The number of hydrogen-bond acceptors (Lipinski definition) is 6. The summed E-state index contributed by atoms with van der Waals surface area (Å²) in [5.41, 5.74) is 1.15. The predicted molar refractivity (Wildman–Crippen MR) is 112 cm³/mol. The number of carbonyl (C=O) groups excluding carboxylic acids is 2. The van der Waals surface area contributed by atoms with Crippen LogP contribution >= 0.6 is 0 Å². The first kappa shape index (κ1) is 23.9. The summed E-state index contributed by atoms with van der Waals surface area (Å²) < 4.78 is 38.0. The van der Waals surface area contributed by atoms with Crippen molar-refractivity contribution in [2.75, 3.05) is 39.8 Å². The SMILES string of the molecule is COc1cc(C)c(C)cc1S(=O)(=O)N1CCN(C(=O)CNC(=O)OC(C)(C)C)CC1. The minimum atomic E-state index is -3.76. The second kappa shape index (κ2) is 9.22. The number of sulfonamides is 1. The van der Waals surface area contributed by atoms with Crippen molar-refractivity contribution in [2.45, 2.75) is 45.1 Å². The van der Waals surface area contributed by atoms with Gasteiger partial charge in [-0.25, -0.2) is 13.2 Å². The first-order valence-corrected chi connectivity index (χ1v) is 11.2. The van der Waals surface area contributed by atoms with E-state index in [-0.39, 0.29) is 43.5 Å². The molecule has 1 aromatic rings. The Bertz CT molecular complexity index is 900. The summed E-state index contributed by atoms with van der Waals surface area (Å²) in [6.07, 6.45) is -0.668. The van der Waals surface area contributed by atoms with Gasteiger partial charge < -0.3 is 19.7 Å². The lowest BCUT2D eigenvalue weighted by Gasteiger charge is -2.34. The van der Waals surface area contributed by atoms with Crippen LogP contribution in [-0.4, -0.2) is 75.1 Å². The molecule has 2 amide bonds. The Kier molecular flexibility index (Phi) is 7.36. The van der Waals surface area contributed by atoms with Crippen LogP contribution < -0.4 is 10.1 Å². The fraction of sp³-hybridized carbons (Fsp3) is 0.600. The van der Waals surface area contributed by atoms with Crippen molar-refractivity contribution in [3.05, 3.63) is 23.3 Å². The summed E-state index contributed by atoms with van der Waals surface area (Å²) in [5.74, 6) is 0.0137. The van der Waals surface area contributed by atoms with Crippen molar-refractivity contribution in [2.24, 2.45) is 0 Å². The van der Waals surface area contributed by atoms with Crippen molar-refractivity contribution in [1.82, 2.24) is 14.5 Å². The highest BCUT2D eigenvalue weighted by molar-refractivity contribution is 7.89. The first-order valence-electron chi connectivity index (χ1n) is 9.75. The molecule has 1 heterocycles. The molecule has 0 aliphatic carbocycles. The van der Waals surface area contributed by atoms with Crippen molar-refractivity contribution >= 4 is 22.0 Å². The number of nitrogens with zero attached hydrogens (tertiary/aromatic N) is 2. The van der Waals surface area contributed by atoms with Crippen LogP contribution in [0.25, 0.3) is 0 Å². The second-order valence-electron chi connectivity index (χ2n) is 8.23. The fourth-order valence-corrected chi connectivity index (χ4v) is 4.66. The van der Waals surface area contributed by atoms with Gasteiger partial charge in [0.25, 0.3) is 0 Å². The summed E-state index contributed by atoms with van der Waals surface area (Å²) in [4.78, 5) is 25.7. The third-order valence-electron chi connectivity index (χ3n) is 4.77. The summed E-state index contributed by atoms with van der Waals surface area (Å²) in [7, 11) is -2.32. The van der Waals surface area contributed by atoms with E-state index in [9.17, 15) is 18.0 Å². The summed E-state index contributed by atoms with van der Waals surface area (Å²) >= 11 is 0. The number of rotatable bonds is 5. The number of methoxy groups -OCH3 is 1. The van der Waals surface area contributed by atoms with Gasteiger partial charge in [-0.05, 0) is 57.9 Å². The molecule has 0 saturated carbocycles. The molecule has 0 radical (unpaired) electrons. The molecule has 2 rings (SSSR count). The zero-order chi connectivity index (χ0) is 22.7. The zero-order valence-electron chi connectivity index (χ0n) is 18.4. The van der Waals surface area contributed by atoms with E-state index >= 15 is 0 Å². The van der Waals surface area contributed by atoms with Crippen LogP contribution in [0.1, 0.15) is 31.9 Å². The van der Waals surface area contributed by atoms with E-state index in [4.69, 9.17) is 9.47 Å². The van der Waals surface area contributed by atoms with Gasteiger partial charge in [-0.3, -0.25) is 4.79 Å². The highest BCUT2D eigenvalue weighted by Gasteiger charge is 2.32. The minimum absolute atomic E-state index is 0.125. The molecule has 0 aromatic heterocycles. The number of carbonyl (C=O) groups is 2. The lowest BCUT2D eigenvalue weighted by atomic mass is 10.1. The molecule has 1 aliphatic heterocycles. The fourth-order valence-electron chi connectivity index (χ4n) is 3.02. The number of alkyl carbamates (subject to hydrolysis) is 1. The van der Waals surface area contributed by atoms with Gasteiger partial charge in [0.2, 0.25) is 15.9 Å². The highest BCUT2D eigenvalue weighted by Crippen LogP contribution is 2.30. The molecule has 30 heavy (non-hydrogen) atoms. The molecule has 1 saturated heterocycles. The largest absolute Gasteiger partial charge is 0.495 e. The van der Waals surface area contributed by atoms with Crippen molar-refractivity contribution in [1.29, 1.82) is 0 Å². The van der Waals surface area contributed by atoms with E-state index in [0.29, 0.717) is 5.75 Å².